The molecule has 0 bridgehead atoms. The van der Waals surface area contributed by atoms with Crippen molar-refractivity contribution in [1.29, 1.82) is 0 Å². The van der Waals surface area contributed by atoms with Crippen molar-refractivity contribution in [3.63, 3.8) is 0 Å². The second-order valence-corrected chi connectivity index (χ2v) is 9.06. The largest absolute Gasteiger partial charge is 0.496 e. The average Bonchev–Trinajstić information content (AvgIpc) is 2.86. The van der Waals surface area contributed by atoms with Gasteiger partial charge in [-0.1, -0.05) is 30.7 Å². The summed E-state index contributed by atoms with van der Waals surface area (Å²) in [4.78, 5) is 26.7. The summed E-state index contributed by atoms with van der Waals surface area (Å²) in [7, 11) is 4.53. The average molecular weight is 515 g/mol. The van der Waals surface area contributed by atoms with Crippen LogP contribution >= 0.6 is 23.4 Å². The van der Waals surface area contributed by atoms with Crippen molar-refractivity contribution in [3.05, 3.63) is 71.2 Å². The van der Waals surface area contributed by atoms with E-state index in [1.54, 1.807) is 42.5 Å². The molecular weight excluding hydrogens is 488 g/mol. The number of methoxy groups -OCH3 is 3. The molecule has 2 amide bonds. The highest BCUT2D eigenvalue weighted by molar-refractivity contribution is 8.00. The standard InChI is InChI=1S/C26H27ClN2O5S/c1-5-23(25(30)28-17-12-13-20(32-2)19(27)15-17)35-18-9-6-8-16(14-18)29-26(31)24-21(33-3)10-7-11-22(24)34-4/h6-15,23H,5H2,1-4H3,(H,28,30)(H,29,31). The molecule has 7 nitrogen and oxygen atoms in total. The number of amides is 2. The first kappa shape index (κ1) is 26.2. The van der Waals surface area contributed by atoms with Crippen molar-refractivity contribution >= 4 is 46.6 Å². The van der Waals surface area contributed by atoms with Crippen molar-refractivity contribution in [1.82, 2.24) is 0 Å². The smallest absolute Gasteiger partial charge is 0.263 e. The summed E-state index contributed by atoms with van der Waals surface area (Å²) in [5.41, 5.74) is 1.48. The number of nitrogens with one attached hydrogen (secondary N) is 2. The van der Waals surface area contributed by atoms with Gasteiger partial charge in [0.15, 0.2) is 0 Å². The predicted molar refractivity (Wildman–Crippen MR) is 141 cm³/mol. The van der Waals surface area contributed by atoms with Crippen LogP contribution in [0.1, 0.15) is 23.7 Å². The molecule has 2 N–H and O–H groups in total. The van der Waals surface area contributed by atoms with Gasteiger partial charge < -0.3 is 24.8 Å². The first-order valence-electron chi connectivity index (χ1n) is 10.8. The Labute approximate surface area is 214 Å². The highest BCUT2D eigenvalue weighted by Crippen LogP contribution is 2.32. The summed E-state index contributed by atoms with van der Waals surface area (Å²) >= 11 is 7.58. The molecule has 35 heavy (non-hydrogen) atoms. The normalized spacial score (nSPS) is 11.3. The highest BCUT2D eigenvalue weighted by Gasteiger charge is 2.21. The van der Waals surface area contributed by atoms with Crippen molar-refractivity contribution in [2.75, 3.05) is 32.0 Å². The summed E-state index contributed by atoms with van der Waals surface area (Å²) in [5.74, 6) is 0.854. The number of anilines is 2. The summed E-state index contributed by atoms with van der Waals surface area (Å²) in [6.45, 7) is 1.94. The third-order valence-electron chi connectivity index (χ3n) is 5.11. The van der Waals surface area contributed by atoms with E-state index in [1.807, 2.05) is 25.1 Å². The van der Waals surface area contributed by atoms with E-state index in [0.717, 1.165) is 4.90 Å². The van der Waals surface area contributed by atoms with Gasteiger partial charge in [-0.05, 0) is 55.0 Å². The van der Waals surface area contributed by atoms with Crippen molar-refractivity contribution in [3.8, 4) is 17.2 Å². The summed E-state index contributed by atoms with van der Waals surface area (Å²) in [6, 6.07) is 17.6. The van der Waals surface area contributed by atoms with E-state index in [4.69, 9.17) is 25.8 Å². The maximum Gasteiger partial charge on any atom is 0.263 e. The van der Waals surface area contributed by atoms with Gasteiger partial charge in [-0.15, -0.1) is 11.8 Å². The lowest BCUT2D eigenvalue weighted by Gasteiger charge is -2.16. The molecular formula is C26H27ClN2O5S. The zero-order valence-corrected chi connectivity index (χ0v) is 21.5. The molecule has 3 aromatic rings. The molecule has 3 aromatic carbocycles. The number of carbonyl (C=O) groups excluding carboxylic acids is 2. The molecule has 0 aromatic heterocycles. The minimum Gasteiger partial charge on any atom is -0.496 e. The van der Waals surface area contributed by atoms with Gasteiger partial charge in [-0.2, -0.15) is 0 Å². The Bertz CT molecular complexity index is 1180. The van der Waals surface area contributed by atoms with E-state index in [1.165, 1.54) is 33.1 Å². The molecule has 0 aliphatic carbocycles. The van der Waals surface area contributed by atoms with Crippen molar-refractivity contribution in [2.24, 2.45) is 0 Å². The third-order valence-corrected chi connectivity index (χ3v) is 6.76. The van der Waals surface area contributed by atoms with Gasteiger partial charge in [0.25, 0.3) is 5.91 Å². The van der Waals surface area contributed by atoms with Crippen LogP contribution in [0.2, 0.25) is 5.02 Å². The van der Waals surface area contributed by atoms with Crippen LogP contribution in [0.25, 0.3) is 0 Å². The van der Waals surface area contributed by atoms with Gasteiger partial charge in [0, 0.05) is 16.3 Å². The molecule has 0 saturated heterocycles. The Morgan fingerprint density at radius 1 is 0.857 bits per heavy atom. The number of hydrogen-bond donors (Lipinski definition) is 2. The van der Waals surface area contributed by atoms with E-state index in [9.17, 15) is 9.59 Å². The van der Waals surface area contributed by atoms with Crippen LogP contribution in [0.5, 0.6) is 17.2 Å². The molecule has 0 spiro atoms. The van der Waals surface area contributed by atoms with E-state index < -0.39 is 0 Å². The number of thioether (sulfide) groups is 1. The lowest BCUT2D eigenvalue weighted by molar-refractivity contribution is -0.115. The van der Waals surface area contributed by atoms with E-state index >= 15 is 0 Å². The first-order valence-corrected chi connectivity index (χ1v) is 12.1. The maximum atomic E-state index is 13.0. The van der Waals surface area contributed by atoms with Crippen LogP contribution in [0.15, 0.2) is 65.6 Å². The quantitative estimate of drug-likeness (QED) is 0.317. The molecule has 9 heteroatoms. The molecule has 0 aliphatic rings. The van der Waals surface area contributed by atoms with E-state index in [-0.39, 0.29) is 17.1 Å². The maximum absolute atomic E-state index is 13.0. The number of hydrogen-bond acceptors (Lipinski definition) is 6. The second-order valence-electron chi connectivity index (χ2n) is 7.37. The Balaban J connectivity index is 1.72. The topological polar surface area (TPSA) is 85.9 Å². The number of halogens is 1. The summed E-state index contributed by atoms with van der Waals surface area (Å²) in [5, 5.41) is 5.85. The van der Waals surface area contributed by atoms with Crippen LogP contribution in [-0.2, 0) is 4.79 Å². The minimum atomic E-state index is -0.359. The van der Waals surface area contributed by atoms with Gasteiger partial charge in [-0.3, -0.25) is 9.59 Å². The van der Waals surface area contributed by atoms with Crippen LogP contribution < -0.4 is 24.8 Å². The Morgan fingerprint density at radius 3 is 2.09 bits per heavy atom. The van der Waals surface area contributed by atoms with E-state index in [2.05, 4.69) is 10.6 Å². The number of benzene rings is 3. The number of rotatable bonds is 10. The molecule has 0 radical (unpaired) electrons. The Hall–Kier alpha value is -3.36. The van der Waals surface area contributed by atoms with E-state index in [0.29, 0.717) is 45.6 Å². The lowest BCUT2D eigenvalue weighted by Crippen LogP contribution is -2.24. The molecule has 1 atom stereocenters. The first-order chi connectivity index (χ1) is 16.9. The van der Waals surface area contributed by atoms with Crippen LogP contribution in [0.4, 0.5) is 11.4 Å². The molecule has 0 aliphatic heterocycles. The van der Waals surface area contributed by atoms with Gasteiger partial charge in [-0.25, -0.2) is 0 Å². The molecule has 1 unspecified atom stereocenters. The van der Waals surface area contributed by atoms with Crippen LogP contribution in [0.3, 0.4) is 0 Å². The fourth-order valence-electron chi connectivity index (χ4n) is 3.37. The van der Waals surface area contributed by atoms with Gasteiger partial charge in [0.1, 0.15) is 22.8 Å². The fourth-order valence-corrected chi connectivity index (χ4v) is 4.64. The fraction of sp³-hybridized carbons (Fsp3) is 0.231. The van der Waals surface area contributed by atoms with Gasteiger partial charge in [0.05, 0.1) is 31.6 Å². The number of ether oxygens (including phenoxy) is 3. The van der Waals surface area contributed by atoms with Crippen LogP contribution in [0, 0.1) is 0 Å². The predicted octanol–water partition coefficient (Wildman–Crippen LogP) is 6.13. The molecule has 0 heterocycles. The van der Waals surface area contributed by atoms with Crippen molar-refractivity contribution < 1.29 is 23.8 Å². The second kappa shape index (κ2) is 12.4. The minimum absolute atomic E-state index is 0.146. The summed E-state index contributed by atoms with van der Waals surface area (Å²) < 4.78 is 15.8. The van der Waals surface area contributed by atoms with Gasteiger partial charge >= 0.3 is 0 Å². The Morgan fingerprint density at radius 2 is 1.49 bits per heavy atom. The van der Waals surface area contributed by atoms with Crippen LogP contribution in [-0.4, -0.2) is 38.4 Å². The number of carbonyl (C=O) groups is 2. The SMILES string of the molecule is CCC(Sc1cccc(NC(=O)c2c(OC)cccc2OC)c1)C(=O)Nc1ccc(OC)c(Cl)c1. The molecule has 0 fully saturated rings. The lowest BCUT2D eigenvalue weighted by atomic mass is 10.1. The molecule has 184 valence electrons. The monoisotopic (exact) mass is 514 g/mol. The zero-order chi connectivity index (χ0) is 25.4. The van der Waals surface area contributed by atoms with Gasteiger partial charge in [0.2, 0.25) is 5.91 Å². The highest BCUT2D eigenvalue weighted by atomic mass is 35.5. The third kappa shape index (κ3) is 6.61. The van der Waals surface area contributed by atoms with Crippen molar-refractivity contribution in [2.45, 2.75) is 23.5 Å². The zero-order valence-electron chi connectivity index (χ0n) is 19.9. The molecule has 0 saturated carbocycles. The summed E-state index contributed by atoms with van der Waals surface area (Å²) in [6.07, 6.45) is 0.607. The molecule has 3 rings (SSSR count). The Kier molecular flexibility index (Phi) is 9.28.